The monoisotopic (exact) mass is 347 g/mol. The smallest absolute Gasteiger partial charge is 0.134 e. The van der Waals surface area contributed by atoms with Crippen molar-refractivity contribution in [3.63, 3.8) is 0 Å². The average molecular weight is 348 g/mol. The maximum Gasteiger partial charge on any atom is 0.134 e. The summed E-state index contributed by atoms with van der Waals surface area (Å²) in [5, 5.41) is 5.49. The lowest BCUT2D eigenvalue weighted by atomic mass is 10.1. The molecule has 0 saturated heterocycles. The van der Waals surface area contributed by atoms with E-state index in [-0.39, 0.29) is 0 Å². The summed E-state index contributed by atoms with van der Waals surface area (Å²) in [6.07, 6.45) is 6.49. The van der Waals surface area contributed by atoms with Crippen molar-refractivity contribution in [2.45, 2.75) is 58.7 Å². The Morgan fingerprint density at radius 1 is 1.09 bits per heavy atom. The second-order valence-corrected chi connectivity index (χ2v) is 13.2. The predicted octanol–water partition coefficient (Wildman–Crippen LogP) is 6.22. The first kappa shape index (κ1) is 17.5. The minimum Gasteiger partial charge on any atom is -0.227 e. The molecule has 0 aromatic carbocycles. The van der Waals surface area contributed by atoms with Crippen LogP contribution < -0.4 is 0 Å². The molecule has 1 nitrogen and oxygen atoms in total. The fraction of sp³-hybridized carbons (Fsp3) is 0.500. The van der Waals surface area contributed by atoms with E-state index >= 15 is 0 Å². The van der Waals surface area contributed by atoms with Crippen molar-refractivity contribution in [3.05, 3.63) is 28.1 Å². The second kappa shape index (κ2) is 8.10. The van der Waals surface area contributed by atoms with Gasteiger partial charge in [-0.25, -0.2) is 4.98 Å². The Hall–Kier alpha value is -0.893. The van der Waals surface area contributed by atoms with E-state index in [4.69, 9.17) is 0 Å². The molecule has 0 saturated carbocycles. The van der Waals surface area contributed by atoms with Crippen LogP contribution in [0, 0.1) is 11.5 Å². The van der Waals surface area contributed by atoms with E-state index in [1.165, 1.54) is 42.5 Å². The highest BCUT2D eigenvalue weighted by Gasteiger charge is 2.09. The normalized spacial score (nSPS) is 11.3. The summed E-state index contributed by atoms with van der Waals surface area (Å²) in [4.78, 5) is 5.97. The Kier molecular flexibility index (Phi) is 6.43. The molecule has 0 aliphatic heterocycles. The van der Waals surface area contributed by atoms with Crippen molar-refractivity contribution in [1.29, 1.82) is 0 Å². The van der Waals surface area contributed by atoms with Gasteiger partial charge in [0.1, 0.15) is 18.8 Å². The van der Waals surface area contributed by atoms with Crippen molar-refractivity contribution in [3.8, 4) is 21.3 Å². The van der Waals surface area contributed by atoms with E-state index in [0.29, 0.717) is 0 Å². The van der Waals surface area contributed by atoms with Gasteiger partial charge in [-0.1, -0.05) is 51.7 Å². The van der Waals surface area contributed by atoms with E-state index in [9.17, 15) is 0 Å². The summed E-state index contributed by atoms with van der Waals surface area (Å²) in [7, 11) is -1.32. The first-order valence-electron chi connectivity index (χ1n) is 8.04. The van der Waals surface area contributed by atoms with Crippen LogP contribution in [0.3, 0.4) is 0 Å². The van der Waals surface area contributed by atoms with Gasteiger partial charge in [-0.2, -0.15) is 0 Å². The third-order valence-corrected chi connectivity index (χ3v) is 6.12. The van der Waals surface area contributed by atoms with E-state index < -0.39 is 8.07 Å². The van der Waals surface area contributed by atoms with Gasteiger partial charge in [0, 0.05) is 5.38 Å². The van der Waals surface area contributed by atoms with Crippen LogP contribution in [-0.2, 0) is 6.42 Å². The zero-order chi connectivity index (χ0) is 16.0. The van der Waals surface area contributed by atoms with Crippen LogP contribution >= 0.6 is 22.7 Å². The summed E-state index contributed by atoms with van der Waals surface area (Å²) < 4.78 is 0. The van der Waals surface area contributed by atoms with E-state index in [1.807, 2.05) is 11.3 Å². The molecular formula is C18H25NS2Si. The Morgan fingerprint density at radius 3 is 2.64 bits per heavy atom. The molecule has 2 aromatic rings. The molecule has 22 heavy (non-hydrogen) atoms. The molecule has 2 aromatic heterocycles. The highest BCUT2D eigenvalue weighted by Crippen LogP contribution is 2.30. The molecule has 0 N–H and O–H groups in total. The quantitative estimate of drug-likeness (QED) is 0.343. The molecule has 2 heterocycles. The molecule has 118 valence electrons. The van der Waals surface area contributed by atoms with Crippen molar-refractivity contribution in [2.24, 2.45) is 0 Å². The summed E-state index contributed by atoms with van der Waals surface area (Å²) in [5.74, 6) is 3.25. The maximum absolute atomic E-state index is 4.68. The maximum atomic E-state index is 4.68. The fourth-order valence-electron chi connectivity index (χ4n) is 2.07. The summed E-state index contributed by atoms with van der Waals surface area (Å²) in [6.45, 7) is 9.04. The molecule has 0 radical (unpaired) electrons. The first-order chi connectivity index (χ1) is 10.5. The lowest BCUT2D eigenvalue weighted by Gasteiger charge is -2.02. The fourth-order valence-corrected chi connectivity index (χ4v) is 4.35. The van der Waals surface area contributed by atoms with Crippen molar-refractivity contribution < 1.29 is 0 Å². The number of nitrogens with zero attached hydrogens (tertiary/aromatic N) is 1. The van der Waals surface area contributed by atoms with E-state index in [1.54, 1.807) is 11.3 Å². The van der Waals surface area contributed by atoms with Crippen LogP contribution in [0.15, 0.2) is 16.8 Å². The molecular weight excluding hydrogens is 322 g/mol. The molecule has 0 unspecified atom stereocenters. The van der Waals surface area contributed by atoms with Gasteiger partial charge in [0.15, 0.2) is 0 Å². The number of rotatable bonds is 6. The number of hydrogen-bond acceptors (Lipinski definition) is 3. The minimum absolute atomic E-state index is 0.931. The lowest BCUT2D eigenvalue weighted by Crippen LogP contribution is -2.16. The van der Waals surface area contributed by atoms with Crippen LogP contribution in [0.5, 0.6) is 0 Å². The Bertz CT molecular complexity index is 652. The summed E-state index contributed by atoms with van der Waals surface area (Å²) >= 11 is 3.52. The van der Waals surface area contributed by atoms with Gasteiger partial charge >= 0.3 is 0 Å². The molecule has 4 heteroatoms. The summed E-state index contributed by atoms with van der Waals surface area (Å²) in [5.41, 5.74) is 5.77. The molecule has 0 aliphatic rings. The van der Waals surface area contributed by atoms with Gasteiger partial charge in [-0.05, 0) is 29.9 Å². The number of thiophene rings is 1. The van der Waals surface area contributed by atoms with Crippen LogP contribution in [0.1, 0.15) is 43.9 Å². The average Bonchev–Trinajstić information content (AvgIpc) is 3.09. The first-order valence-corrected chi connectivity index (χ1v) is 13.3. The van der Waals surface area contributed by atoms with Crippen LogP contribution in [-0.4, -0.2) is 13.1 Å². The van der Waals surface area contributed by atoms with Gasteiger partial charge < -0.3 is 0 Å². The zero-order valence-electron chi connectivity index (χ0n) is 14.0. The standard InChI is InChI=1S/C18H25NS2Si/c1-5-6-7-8-9-15-12-17(20-13-15)18-19-16(14-21-18)10-11-22(2,3)4/h12-14H,5-9H2,1-4H3. The van der Waals surface area contributed by atoms with E-state index in [2.05, 4.69) is 59.8 Å². The SMILES string of the molecule is CCCCCCc1csc(-c2nc(C#C[Si](C)(C)C)cs2)c1. The highest BCUT2D eigenvalue weighted by molar-refractivity contribution is 7.20. The van der Waals surface area contributed by atoms with Gasteiger partial charge in [-0.3, -0.25) is 0 Å². The van der Waals surface area contributed by atoms with Gasteiger partial charge in [-0.15, -0.1) is 28.2 Å². The van der Waals surface area contributed by atoms with Crippen molar-refractivity contribution in [2.75, 3.05) is 0 Å². The van der Waals surface area contributed by atoms with Gasteiger partial charge in [0.25, 0.3) is 0 Å². The molecule has 0 spiro atoms. The molecule has 0 aliphatic carbocycles. The molecule has 0 bridgehead atoms. The molecule has 0 amide bonds. The molecule has 0 fully saturated rings. The van der Waals surface area contributed by atoms with Crippen LogP contribution in [0.4, 0.5) is 0 Å². The number of thiazole rings is 1. The lowest BCUT2D eigenvalue weighted by molar-refractivity contribution is 0.667. The number of aromatic nitrogens is 1. The highest BCUT2D eigenvalue weighted by atomic mass is 32.1. The Balaban J connectivity index is 1.99. The second-order valence-electron chi connectivity index (χ2n) is 6.67. The Labute approximate surface area is 143 Å². The topological polar surface area (TPSA) is 12.9 Å². The number of aryl methyl sites for hydroxylation is 1. The third-order valence-electron chi connectivity index (χ3n) is 3.25. The van der Waals surface area contributed by atoms with E-state index in [0.717, 1.165) is 10.7 Å². The zero-order valence-corrected chi connectivity index (χ0v) is 16.7. The molecule has 2 rings (SSSR count). The number of hydrogen-bond donors (Lipinski definition) is 0. The van der Waals surface area contributed by atoms with Gasteiger partial charge in [0.05, 0.1) is 4.88 Å². The summed E-state index contributed by atoms with van der Waals surface area (Å²) in [6, 6.07) is 2.31. The Morgan fingerprint density at radius 2 is 1.91 bits per heavy atom. The van der Waals surface area contributed by atoms with Crippen molar-refractivity contribution in [1.82, 2.24) is 4.98 Å². The largest absolute Gasteiger partial charge is 0.227 e. The van der Waals surface area contributed by atoms with Gasteiger partial charge in [0.2, 0.25) is 0 Å². The van der Waals surface area contributed by atoms with Crippen LogP contribution in [0.25, 0.3) is 9.88 Å². The molecule has 0 atom stereocenters. The number of unbranched alkanes of at least 4 members (excludes halogenated alkanes) is 3. The predicted molar refractivity (Wildman–Crippen MR) is 103 cm³/mol. The minimum atomic E-state index is -1.32. The third kappa shape index (κ3) is 5.72. The van der Waals surface area contributed by atoms with Crippen molar-refractivity contribution >= 4 is 30.7 Å². The van der Waals surface area contributed by atoms with Crippen LogP contribution in [0.2, 0.25) is 19.6 Å².